The second-order valence-corrected chi connectivity index (χ2v) is 7.11. The van der Waals surface area contributed by atoms with Gasteiger partial charge in [-0.25, -0.2) is 0 Å². The van der Waals surface area contributed by atoms with Crippen LogP contribution in [0.15, 0.2) is 29.3 Å². The lowest BCUT2D eigenvalue weighted by Crippen LogP contribution is -2.39. The molecule has 6 nitrogen and oxygen atoms in total. The number of fused-ring (bicyclic) bond motifs is 1. The lowest BCUT2D eigenvalue weighted by atomic mass is 10.1. The zero-order chi connectivity index (χ0) is 18.9. The maximum absolute atomic E-state index is 5.73. The van der Waals surface area contributed by atoms with Crippen molar-refractivity contribution >= 4 is 16.9 Å². The van der Waals surface area contributed by atoms with Crippen LogP contribution in [0, 0.1) is 12.8 Å². The molecule has 0 radical (unpaired) electrons. The summed E-state index contributed by atoms with van der Waals surface area (Å²) in [6, 6.07) is 8.46. The third kappa shape index (κ3) is 5.71. The third-order valence-corrected chi connectivity index (χ3v) is 5.05. The van der Waals surface area contributed by atoms with Gasteiger partial charge in [-0.2, -0.15) is 0 Å². The summed E-state index contributed by atoms with van der Waals surface area (Å²) >= 11 is 0. The van der Waals surface area contributed by atoms with Gasteiger partial charge in [-0.15, -0.1) is 0 Å². The van der Waals surface area contributed by atoms with Gasteiger partial charge < -0.3 is 25.1 Å². The van der Waals surface area contributed by atoms with Gasteiger partial charge in [0.05, 0.1) is 13.2 Å². The van der Waals surface area contributed by atoms with Crippen LogP contribution in [0.2, 0.25) is 0 Å². The predicted molar refractivity (Wildman–Crippen MR) is 110 cm³/mol. The van der Waals surface area contributed by atoms with Crippen LogP contribution in [0.1, 0.15) is 24.1 Å². The third-order valence-electron chi connectivity index (χ3n) is 5.05. The molecule has 2 aromatic rings. The van der Waals surface area contributed by atoms with E-state index < -0.39 is 0 Å². The van der Waals surface area contributed by atoms with Gasteiger partial charge in [0.2, 0.25) is 0 Å². The minimum Gasteiger partial charge on any atom is -0.381 e. The number of nitrogens with zero attached hydrogens (tertiary/aromatic N) is 1. The van der Waals surface area contributed by atoms with Gasteiger partial charge in [-0.3, -0.25) is 4.99 Å². The van der Waals surface area contributed by atoms with E-state index in [2.05, 4.69) is 51.8 Å². The molecular weight excluding hydrogens is 340 g/mol. The molecule has 1 aromatic heterocycles. The van der Waals surface area contributed by atoms with E-state index in [1.165, 1.54) is 22.2 Å². The molecule has 0 saturated carbocycles. The number of aryl methyl sites for hydroxylation is 1. The Kier molecular flexibility index (Phi) is 7.54. The van der Waals surface area contributed by atoms with Gasteiger partial charge in [0.1, 0.15) is 0 Å². The van der Waals surface area contributed by atoms with Crippen molar-refractivity contribution in [2.45, 2.75) is 26.2 Å². The summed E-state index contributed by atoms with van der Waals surface area (Å²) in [5.74, 6) is 1.43. The van der Waals surface area contributed by atoms with Gasteiger partial charge in [-0.1, -0.05) is 18.2 Å². The number of aromatic amines is 1. The number of ether oxygens (including phenoxy) is 2. The highest BCUT2D eigenvalue weighted by Crippen LogP contribution is 2.21. The molecule has 27 heavy (non-hydrogen) atoms. The number of para-hydroxylation sites is 1. The molecule has 1 aliphatic rings. The van der Waals surface area contributed by atoms with E-state index >= 15 is 0 Å². The Hall–Kier alpha value is -2.05. The molecule has 0 spiro atoms. The van der Waals surface area contributed by atoms with E-state index in [4.69, 9.17) is 9.47 Å². The van der Waals surface area contributed by atoms with Crippen LogP contribution in [0.5, 0.6) is 0 Å². The van der Waals surface area contributed by atoms with Crippen LogP contribution in [-0.4, -0.2) is 57.5 Å². The second kappa shape index (κ2) is 10.3. The fourth-order valence-electron chi connectivity index (χ4n) is 3.53. The highest BCUT2D eigenvalue weighted by molar-refractivity contribution is 5.84. The van der Waals surface area contributed by atoms with Crippen molar-refractivity contribution in [1.29, 1.82) is 0 Å². The lowest BCUT2D eigenvalue weighted by molar-refractivity contribution is 0.0888. The molecule has 0 bridgehead atoms. The minimum absolute atomic E-state index is 0.584. The highest BCUT2D eigenvalue weighted by atomic mass is 16.5. The van der Waals surface area contributed by atoms with E-state index in [9.17, 15) is 0 Å². The molecule has 6 heteroatoms. The molecule has 148 valence electrons. The Morgan fingerprint density at radius 3 is 2.96 bits per heavy atom. The van der Waals surface area contributed by atoms with Crippen LogP contribution in [-0.2, 0) is 15.9 Å². The van der Waals surface area contributed by atoms with Crippen LogP contribution in [0.4, 0.5) is 0 Å². The van der Waals surface area contributed by atoms with Crippen LogP contribution < -0.4 is 10.6 Å². The molecule has 1 atom stereocenters. The number of aromatic nitrogens is 1. The standard InChI is InChI=1S/C21H32N4O2/c1-16-18(19-6-3-4-7-20(19)25-16)8-11-24-21(22-2)23-10-5-12-26-14-17-9-13-27-15-17/h3-4,6-7,17,25H,5,8-15H2,1-2H3,(H2,22,23,24). The monoisotopic (exact) mass is 372 g/mol. The smallest absolute Gasteiger partial charge is 0.190 e. The highest BCUT2D eigenvalue weighted by Gasteiger charge is 2.15. The van der Waals surface area contributed by atoms with Crippen LogP contribution >= 0.6 is 0 Å². The minimum atomic E-state index is 0.584. The van der Waals surface area contributed by atoms with E-state index in [1.54, 1.807) is 0 Å². The molecule has 3 N–H and O–H groups in total. The summed E-state index contributed by atoms with van der Waals surface area (Å²) in [5.41, 5.74) is 3.82. The Morgan fingerprint density at radius 1 is 1.30 bits per heavy atom. The number of hydrogen-bond acceptors (Lipinski definition) is 3. The maximum Gasteiger partial charge on any atom is 0.190 e. The first kappa shape index (κ1) is 19.7. The SMILES string of the molecule is CN=C(NCCCOCC1CCOC1)NCCc1c(C)[nH]c2ccccc12. The van der Waals surface area contributed by atoms with Crippen molar-refractivity contribution in [2.75, 3.05) is 46.6 Å². The van der Waals surface area contributed by atoms with E-state index in [0.29, 0.717) is 5.92 Å². The van der Waals surface area contributed by atoms with Gasteiger partial charge in [0.25, 0.3) is 0 Å². The van der Waals surface area contributed by atoms with Crippen LogP contribution in [0.3, 0.4) is 0 Å². The lowest BCUT2D eigenvalue weighted by Gasteiger charge is -2.13. The number of H-pyrrole nitrogens is 1. The van der Waals surface area contributed by atoms with Crippen molar-refractivity contribution in [3.8, 4) is 0 Å². The van der Waals surface area contributed by atoms with Crippen molar-refractivity contribution in [2.24, 2.45) is 10.9 Å². The van der Waals surface area contributed by atoms with Crippen molar-refractivity contribution in [3.63, 3.8) is 0 Å². The Labute approximate surface area is 161 Å². The fourth-order valence-corrected chi connectivity index (χ4v) is 3.53. The number of hydrogen-bond donors (Lipinski definition) is 3. The molecule has 1 saturated heterocycles. The van der Waals surface area contributed by atoms with Gasteiger partial charge >= 0.3 is 0 Å². The van der Waals surface area contributed by atoms with E-state index in [-0.39, 0.29) is 0 Å². The van der Waals surface area contributed by atoms with Gasteiger partial charge in [0, 0.05) is 55.9 Å². The van der Waals surface area contributed by atoms with E-state index in [1.807, 2.05) is 7.05 Å². The van der Waals surface area contributed by atoms with Gasteiger partial charge in [-0.05, 0) is 37.8 Å². The first-order valence-electron chi connectivity index (χ1n) is 9.94. The van der Waals surface area contributed by atoms with Gasteiger partial charge in [0.15, 0.2) is 5.96 Å². The first-order valence-corrected chi connectivity index (χ1v) is 9.94. The number of benzene rings is 1. The zero-order valence-electron chi connectivity index (χ0n) is 16.5. The molecular formula is C21H32N4O2. The Balaban J connectivity index is 1.32. The first-order chi connectivity index (χ1) is 13.3. The number of nitrogens with one attached hydrogen (secondary N) is 3. The molecule has 2 heterocycles. The van der Waals surface area contributed by atoms with Crippen molar-refractivity contribution < 1.29 is 9.47 Å². The zero-order valence-corrected chi connectivity index (χ0v) is 16.5. The second-order valence-electron chi connectivity index (χ2n) is 7.11. The summed E-state index contributed by atoms with van der Waals surface area (Å²) in [7, 11) is 1.81. The summed E-state index contributed by atoms with van der Waals surface area (Å²) in [6.45, 7) is 7.17. The van der Waals surface area contributed by atoms with E-state index in [0.717, 1.165) is 64.7 Å². The largest absolute Gasteiger partial charge is 0.381 e. The number of aliphatic imine (C=N–C) groups is 1. The quantitative estimate of drug-likeness (QED) is 0.359. The summed E-state index contributed by atoms with van der Waals surface area (Å²) in [5, 5.41) is 8.07. The number of rotatable bonds is 9. The number of guanidine groups is 1. The Bertz CT molecular complexity index is 735. The molecule has 3 rings (SSSR count). The van der Waals surface area contributed by atoms with Crippen LogP contribution in [0.25, 0.3) is 10.9 Å². The summed E-state index contributed by atoms with van der Waals surface area (Å²) < 4.78 is 11.1. The summed E-state index contributed by atoms with van der Waals surface area (Å²) in [6.07, 6.45) is 3.06. The van der Waals surface area contributed by atoms with Crippen molar-refractivity contribution in [3.05, 3.63) is 35.5 Å². The normalized spacial score (nSPS) is 17.6. The Morgan fingerprint density at radius 2 is 2.15 bits per heavy atom. The molecule has 0 aliphatic carbocycles. The molecule has 1 unspecified atom stereocenters. The fraction of sp³-hybridized carbons (Fsp3) is 0.571. The molecule has 1 aliphatic heterocycles. The van der Waals surface area contributed by atoms with Crippen molar-refractivity contribution in [1.82, 2.24) is 15.6 Å². The average Bonchev–Trinajstić information content (AvgIpc) is 3.30. The maximum atomic E-state index is 5.73. The molecule has 0 amide bonds. The topological polar surface area (TPSA) is 70.7 Å². The molecule has 1 fully saturated rings. The molecule has 1 aromatic carbocycles. The summed E-state index contributed by atoms with van der Waals surface area (Å²) in [4.78, 5) is 7.76. The average molecular weight is 373 g/mol. The predicted octanol–water partition coefficient (Wildman–Crippen LogP) is 2.63.